The Morgan fingerprint density at radius 1 is 0.356 bits per heavy atom. The lowest BCUT2D eigenvalue weighted by Crippen LogP contribution is -2.15. The van der Waals surface area contributed by atoms with Gasteiger partial charge in [0.1, 0.15) is 0 Å². The summed E-state index contributed by atoms with van der Waals surface area (Å²) in [4.78, 5) is 2.42. The van der Waals surface area contributed by atoms with Crippen molar-refractivity contribution in [3.05, 3.63) is 223 Å². The van der Waals surface area contributed by atoms with E-state index in [-0.39, 0.29) is 5.41 Å². The first-order chi connectivity index (χ1) is 29.0. The Bertz CT molecular complexity index is 3130. The lowest BCUT2D eigenvalue weighted by Gasteiger charge is -2.27. The fraction of sp³-hybridized carbons (Fsp3) is 0.0526. The molecule has 0 aliphatic heterocycles. The Morgan fingerprint density at radius 3 is 1.34 bits per heavy atom. The van der Waals surface area contributed by atoms with Gasteiger partial charge in [-0.15, -0.1) is 11.3 Å². The van der Waals surface area contributed by atoms with E-state index in [1.54, 1.807) is 0 Å². The van der Waals surface area contributed by atoms with Crippen LogP contribution in [0.5, 0.6) is 0 Å². The van der Waals surface area contributed by atoms with E-state index in [0.717, 1.165) is 17.1 Å². The minimum Gasteiger partial charge on any atom is -0.310 e. The van der Waals surface area contributed by atoms with Gasteiger partial charge in [-0.25, -0.2) is 0 Å². The molecule has 9 aromatic carbocycles. The molecule has 10 aromatic rings. The molecule has 1 aromatic heterocycles. The molecule has 0 amide bonds. The van der Waals surface area contributed by atoms with Gasteiger partial charge in [0.2, 0.25) is 0 Å². The van der Waals surface area contributed by atoms with Crippen LogP contribution in [0.4, 0.5) is 17.1 Å². The quantitative estimate of drug-likeness (QED) is 0.156. The third kappa shape index (κ3) is 5.99. The molecule has 1 aliphatic rings. The first-order valence-corrected chi connectivity index (χ1v) is 21.2. The fourth-order valence-corrected chi connectivity index (χ4v) is 10.4. The average molecular weight is 772 g/mol. The van der Waals surface area contributed by atoms with Crippen LogP contribution in [0.15, 0.2) is 212 Å². The molecule has 1 heterocycles. The monoisotopic (exact) mass is 771 g/mol. The molecule has 280 valence electrons. The van der Waals surface area contributed by atoms with E-state index in [9.17, 15) is 0 Å². The van der Waals surface area contributed by atoms with Crippen LogP contribution in [0.2, 0.25) is 0 Å². The van der Waals surface area contributed by atoms with Gasteiger partial charge in [-0.3, -0.25) is 0 Å². The van der Waals surface area contributed by atoms with Crippen molar-refractivity contribution >= 4 is 48.6 Å². The molecule has 0 saturated heterocycles. The van der Waals surface area contributed by atoms with Gasteiger partial charge in [0.05, 0.1) is 0 Å². The predicted molar refractivity (Wildman–Crippen MR) is 253 cm³/mol. The van der Waals surface area contributed by atoms with Gasteiger partial charge >= 0.3 is 0 Å². The highest BCUT2D eigenvalue weighted by atomic mass is 32.1. The van der Waals surface area contributed by atoms with Crippen molar-refractivity contribution in [2.45, 2.75) is 19.3 Å². The Labute approximate surface area is 350 Å². The van der Waals surface area contributed by atoms with Crippen LogP contribution < -0.4 is 4.90 Å². The second kappa shape index (κ2) is 14.1. The molecule has 0 atom stereocenters. The van der Waals surface area contributed by atoms with Gasteiger partial charge in [0.25, 0.3) is 0 Å². The van der Waals surface area contributed by atoms with Gasteiger partial charge in [-0.2, -0.15) is 0 Å². The SMILES string of the molecule is CC1(C)c2ccc(N(c3ccc(-c4ccccc4)cc3)c3ccc(-c4ccc(-c5ccccc5)cc4)cc3)cc2-c2c1cc1sc3ccccc3c1c2-c1ccccc1. The van der Waals surface area contributed by atoms with E-state index in [4.69, 9.17) is 0 Å². The van der Waals surface area contributed by atoms with Gasteiger partial charge in [0, 0.05) is 42.6 Å². The number of benzene rings is 9. The molecule has 0 saturated carbocycles. The van der Waals surface area contributed by atoms with Crippen molar-refractivity contribution < 1.29 is 0 Å². The smallest absolute Gasteiger partial charge is 0.0468 e. The fourth-order valence-electron chi connectivity index (χ4n) is 9.29. The highest BCUT2D eigenvalue weighted by molar-refractivity contribution is 7.26. The highest BCUT2D eigenvalue weighted by Gasteiger charge is 2.39. The molecule has 1 nitrogen and oxygen atoms in total. The molecule has 0 spiro atoms. The summed E-state index contributed by atoms with van der Waals surface area (Å²) >= 11 is 1.91. The van der Waals surface area contributed by atoms with Gasteiger partial charge < -0.3 is 4.90 Å². The molecule has 11 rings (SSSR count). The van der Waals surface area contributed by atoms with Crippen molar-refractivity contribution in [3.63, 3.8) is 0 Å². The van der Waals surface area contributed by atoms with Crippen molar-refractivity contribution in [1.82, 2.24) is 0 Å². The zero-order chi connectivity index (χ0) is 39.5. The van der Waals surface area contributed by atoms with Crippen LogP contribution in [-0.2, 0) is 5.41 Å². The molecule has 0 radical (unpaired) electrons. The molecular weight excluding hydrogens is 731 g/mol. The molecule has 0 fully saturated rings. The minimum absolute atomic E-state index is 0.170. The highest BCUT2D eigenvalue weighted by Crippen LogP contribution is 2.57. The first kappa shape index (κ1) is 35.2. The summed E-state index contributed by atoms with van der Waals surface area (Å²) in [5, 5.41) is 2.68. The summed E-state index contributed by atoms with van der Waals surface area (Å²) in [6, 6.07) is 77.8. The van der Waals surface area contributed by atoms with Gasteiger partial charge in [-0.05, 0) is 115 Å². The van der Waals surface area contributed by atoms with Crippen LogP contribution in [0, 0.1) is 0 Å². The second-order valence-electron chi connectivity index (χ2n) is 16.1. The maximum atomic E-state index is 2.49. The zero-order valence-corrected chi connectivity index (χ0v) is 33.9. The number of hydrogen-bond donors (Lipinski definition) is 0. The van der Waals surface area contributed by atoms with E-state index in [1.807, 2.05) is 11.3 Å². The van der Waals surface area contributed by atoms with E-state index < -0.39 is 0 Å². The van der Waals surface area contributed by atoms with Gasteiger partial charge in [-0.1, -0.05) is 178 Å². The summed E-state index contributed by atoms with van der Waals surface area (Å²) in [5.41, 5.74) is 18.5. The molecule has 59 heavy (non-hydrogen) atoms. The number of rotatable bonds is 7. The lowest BCUT2D eigenvalue weighted by atomic mass is 9.81. The minimum atomic E-state index is -0.170. The van der Waals surface area contributed by atoms with Crippen LogP contribution in [0.25, 0.3) is 75.8 Å². The number of fused-ring (bicyclic) bond motifs is 6. The van der Waals surface area contributed by atoms with Crippen molar-refractivity contribution in [1.29, 1.82) is 0 Å². The maximum Gasteiger partial charge on any atom is 0.0468 e. The molecule has 0 unspecified atom stereocenters. The lowest BCUT2D eigenvalue weighted by molar-refractivity contribution is 0.661. The van der Waals surface area contributed by atoms with Crippen LogP contribution in [-0.4, -0.2) is 0 Å². The number of anilines is 3. The largest absolute Gasteiger partial charge is 0.310 e. The molecule has 1 aliphatic carbocycles. The standard InChI is InChI=1S/C57H41NS/c1-57(2)50-35-34-47(36-49(50)55-51(57)37-53-56(48-20-12-13-21-52(48)59-53)54(55)44-18-10-5-11-19-44)58(45-30-26-42(27-31-45)39-16-8-4-9-17-39)46-32-28-43(29-33-46)41-24-22-40(23-25-41)38-14-6-3-7-15-38/h3-37H,1-2H3. The van der Waals surface area contributed by atoms with E-state index >= 15 is 0 Å². The predicted octanol–water partition coefficient (Wildman–Crippen LogP) is 16.5. The van der Waals surface area contributed by atoms with Crippen molar-refractivity contribution in [2.24, 2.45) is 0 Å². The Morgan fingerprint density at radius 2 is 0.797 bits per heavy atom. The van der Waals surface area contributed by atoms with Crippen LogP contribution >= 0.6 is 11.3 Å². The number of nitrogens with zero attached hydrogens (tertiary/aromatic N) is 1. The zero-order valence-electron chi connectivity index (χ0n) is 33.1. The summed E-state index contributed by atoms with van der Waals surface area (Å²) in [5.74, 6) is 0. The molecular formula is C57H41NS. The normalized spacial score (nSPS) is 12.7. The molecule has 2 heteroatoms. The number of thiophene rings is 1. The van der Waals surface area contributed by atoms with E-state index in [0.29, 0.717) is 0 Å². The van der Waals surface area contributed by atoms with Crippen LogP contribution in [0.3, 0.4) is 0 Å². The summed E-state index contributed by atoms with van der Waals surface area (Å²) < 4.78 is 2.68. The molecule has 0 N–H and O–H groups in total. The van der Waals surface area contributed by atoms with Crippen molar-refractivity contribution in [2.75, 3.05) is 4.90 Å². The number of hydrogen-bond acceptors (Lipinski definition) is 2. The third-order valence-corrected chi connectivity index (χ3v) is 13.4. The summed E-state index contributed by atoms with van der Waals surface area (Å²) in [7, 11) is 0. The maximum absolute atomic E-state index is 2.49. The van der Waals surface area contributed by atoms with Crippen LogP contribution in [0.1, 0.15) is 25.0 Å². The second-order valence-corrected chi connectivity index (χ2v) is 17.2. The topological polar surface area (TPSA) is 3.24 Å². The summed E-state index contributed by atoms with van der Waals surface area (Å²) in [6.07, 6.45) is 0. The third-order valence-electron chi connectivity index (χ3n) is 12.3. The average Bonchev–Trinajstić information content (AvgIpc) is 3.78. The Kier molecular flexibility index (Phi) is 8.43. The van der Waals surface area contributed by atoms with E-state index in [1.165, 1.54) is 86.9 Å². The molecule has 0 bridgehead atoms. The van der Waals surface area contributed by atoms with E-state index in [2.05, 4.69) is 231 Å². The Balaban J connectivity index is 1.07. The Hall–Kier alpha value is -7.00. The van der Waals surface area contributed by atoms with Gasteiger partial charge in [0.15, 0.2) is 0 Å². The van der Waals surface area contributed by atoms with Crippen molar-refractivity contribution in [3.8, 4) is 55.6 Å². The summed E-state index contributed by atoms with van der Waals surface area (Å²) in [6.45, 7) is 4.80. The first-order valence-electron chi connectivity index (χ1n) is 20.4.